The SMILES string of the molecule is COc1cccc(OC)c1C(=O)Nc1ccc(N(C)Cc2ccccc2)nn1. The molecule has 3 aromatic rings. The number of rotatable bonds is 7. The van der Waals surface area contributed by atoms with Gasteiger partial charge in [0.2, 0.25) is 0 Å². The fraction of sp³-hybridized carbons (Fsp3) is 0.190. The van der Waals surface area contributed by atoms with Gasteiger partial charge in [0.05, 0.1) is 14.2 Å². The van der Waals surface area contributed by atoms with E-state index in [0.717, 1.165) is 0 Å². The second kappa shape index (κ2) is 8.85. The summed E-state index contributed by atoms with van der Waals surface area (Å²) in [5, 5.41) is 11.1. The number of benzene rings is 2. The standard InChI is InChI=1S/C21H22N4O3/c1-25(14-15-8-5-4-6-9-15)19-13-12-18(23-24-19)22-21(26)20-16(27-2)10-7-11-17(20)28-3/h4-13H,14H2,1-3H3,(H,22,23,26). The molecule has 1 aromatic heterocycles. The summed E-state index contributed by atoms with van der Waals surface area (Å²) in [6.45, 7) is 0.708. The molecule has 1 amide bonds. The summed E-state index contributed by atoms with van der Waals surface area (Å²) in [4.78, 5) is 14.7. The number of ether oxygens (including phenoxy) is 2. The number of carbonyl (C=O) groups excluding carboxylic acids is 1. The molecule has 0 saturated heterocycles. The van der Waals surface area contributed by atoms with Gasteiger partial charge >= 0.3 is 0 Å². The van der Waals surface area contributed by atoms with E-state index in [4.69, 9.17) is 9.47 Å². The minimum atomic E-state index is -0.381. The number of aromatic nitrogens is 2. The molecule has 2 aromatic carbocycles. The van der Waals surface area contributed by atoms with E-state index < -0.39 is 0 Å². The molecule has 144 valence electrons. The predicted molar refractivity (Wildman–Crippen MR) is 108 cm³/mol. The van der Waals surface area contributed by atoms with Gasteiger partial charge in [-0.3, -0.25) is 4.79 Å². The van der Waals surface area contributed by atoms with Crippen LogP contribution in [0.15, 0.2) is 60.7 Å². The lowest BCUT2D eigenvalue weighted by atomic mass is 10.1. The van der Waals surface area contributed by atoms with Crippen LogP contribution in [0.2, 0.25) is 0 Å². The maximum absolute atomic E-state index is 12.7. The van der Waals surface area contributed by atoms with Gasteiger partial charge in [-0.1, -0.05) is 36.4 Å². The van der Waals surface area contributed by atoms with Crippen molar-refractivity contribution >= 4 is 17.5 Å². The van der Waals surface area contributed by atoms with Gasteiger partial charge in [-0.25, -0.2) is 0 Å². The topological polar surface area (TPSA) is 76.6 Å². The number of nitrogens with zero attached hydrogens (tertiary/aromatic N) is 3. The Hall–Kier alpha value is -3.61. The maximum atomic E-state index is 12.7. The molecule has 0 aliphatic carbocycles. The number of hydrogen-bond acceptors (Lipinski definition) is 6. The summed E-state index contributed by atoms with van der Waals surface area (Å²) in [6, 6.07) is 18.8. The third-order valence-corrected chi connectivity index (χ3v) is 4.20. The highest BCUT2D eigenvalue weighted by Crippen LogP contribution is 2.28. The van der Waals surface area contributed by atoms with Gasteiger partial charge < -0.3 is 19.7 Å². The fourth-order valence-corrected chi connectivity index (χ4v) is 2.79. The van der Waals surface area contributed by atoms with Crippen LogP contribution in [0.3, 0.4) is 0 Å². The molecule has 0 radical (unpaired) electrons. The molecule has 3 rings (SSSR count). The lowest BCUT2D eigenvalue weighted by Gasteiger charge is -2.18. The third-order valence-electron chi connectivity index (χ3n) is 4.20. The van der Waals surface area contributed by atoms with Crippen molar-refractivity contribution in [3.8, 4) is 11.5 Å². The molecule has 0 bridgehead atoms. The Labute approximate surface area is 163 Å². The van der Waals surface area contributed by atoms with Crippen molar-refractivity contribution in [1.82, 2.24) is 10.2 Å². The molecule has 0 saturated carbocycles. The van der Waals surface area contributed by atoms with Crippen LogP contribution in [0.4, 0.5) is 11.6 Å². The molecule has 0 unspecified atom stereocenters. The first-order valence-electron chi connectivity index (χ1n) is 8.73. The van der Waals surface area contributed by atoms with E-state index in [9.17, 15) is 4.79 Å². The number of methoxy groups -OCH3 is 2. The zero-order chi connectivity index (χ0) is 19.9. The van der Waals surface area contributed by atoms with Gasteiger partial charge in [-0.2, -0.15) is 0 Å². The van der Waals surface area contributed by atoms with E-state index in [1.165, 1.54) is 19.8 Å². The molecule has 0 atom stereocenters. The van der Waals surface area contributed by atoms with Crippen LogP contribution < -0.4 is 19.7 Å². The van der Waals surface area contributed by atoms with Gasteiger partial charge in [0, 0.05) is 13.6 Å². The maximum Gasteiger partial charge on any atom is 0.264 e. The molecule has 0 fully saturated rings. The highest BCUT2D eigenvalue weighted by atomic mass is 16.5. The van der Waals surface area contributed by atoms with Crippen LogP contribution in [0.25, 0.3) is 0 Å². The second-order valence-electron chi connectivity index (χ2n) is 6.11. The van der Waals surface area contributed by atoms with Crippen LogP contribution in [-0.2, 0) is 6.54 Å². The molecular formula is C21H22N4O3. The molecule has 0 spiro atoms. The Bertz CT molecular complexity index is 908. The second-order valence-corrected chi connectivity index (χ2v) is 6.11. The first kappa shape index (κ1) is 19.2. The quantitative estimate of drug-likeness (QED) is 0.679. The first-order valence-corrected chi connectivity index (χ1v) is 8.73. The van der Waals surface area contributed by atoms with Crippen molar-refractivity contribution in [3.63, 3.8) is 0 Å². The summed E-state index contributed by atoms with van der Waals surface area (Å²) in [5.74, 6) is 1.51. The molecule has 1 heterocycles. The molecule has 7 heteroatoms. The average Bonchev–Trinajstić information content (AvgIpc) is 2.74. The van der Waals surface area contributed by atoms with Gasteiger partial charge in [-0.05, 0) is 29.8 Å². The lowest BCUT2D eigenvalue weighted by Crippen LogP contribution is -2.19. The van der Waals surface area contributed by atoms with Crippen LogP contribution in [0.5, 0.6) is 11.5 Å². The van der Waals surface area contributed by atoms with Gasteiger partial charge in [0.25, 0.3) is 5.91 Å². The van der Waals surface area contributed by atoms with E-state index in [2.05, 4.69) is 27.6 Å². The van der Waals surface area contributed by atoms with E-state index >= 15 is 0 Å². The van der Waals surface area contributed by atoms with Crippen LogP contribution >= 0.6 is 0 Å². The van der Waals surface area contributed by atoms with Crippen molar-refractivity contribution < 1.29 is 14.3 Å². The summed E-state index contributed by atoms with van der Waals surface area (Å²) in [6.07, 6.45) is 0. The largest absolute Gasteiger partial charge is 0.496 e. The van der Waals surface area contributed by atoms with E-state index in [-0.39, 0.29) is 5.91 Å². The molecule has 28 heavy (non-hydrogen) atoms. The molecular weight excluding hydrogens is 356 g/mol. The summed E-state index contributed by atoms with van der Waals surface area (Å²) in [7, 11) is 4.94. The van der Waals surface area contributed by atoms with E-state index in [1.54, 1.807) is 24.3 Å². The lowest BCUT2D eigenvalue weighted by molar-refractivity contribution is 0.102. The van der Waals surface area contributed by atoms with E-state index in [0.29, 0.717) is 35.2 Å². The third kappa shape index (κ3) is 4.37. The van der Waals surface area contributed by atoms with Gasteiger partial charge in [0.15, 0.2) is 11.6 Å². The smallest absolute Gasteiger partial charge is 0.264 e. The monoisotopic (exact) mass is 378 g/mol. The Morgan fingerprint density at radius 3 is 2.18 bits per heavy atom. The summed E-state index contributed by atoms with van der Waals surface area (Å²) >= 11 is 0. The van der Waals surface area contributed by atoms with Crippen LogP contribution in [0, 0.1) is 0 Å². The number of nitrogens with one attached hydrogen (secondary N) is 1. The highest BCUT2D eigenvalue weighted by Gasteiger charge is 2.19. The normalized spacial score (nSPS) is 10.2. The fourth-order valence-electron chi connectivity index (χ4n) is 2.79. The van der Waals surface area contributed by atoms with Crippen molar-refractivity contribution in [2.45, 2.75) is 6.54 Å². The molecule has 0 aliphatic rings. The van der Waals surface area contributed by atoms with Crippen LogP contribution in [0.1, 0.15) is 15.9 Å². The number of amides is 1. The van der Waals surface area contributed by atoms with E-state index in [1.807, 2.05) is 36.2 Å². The molecule has 0 aliphatic heterocycles. The molecule has 1 N–H and O–H groups in total. The first-order chi connectivity index (χ1) is 13.6. The Kier molecular flexibility index (Phi) is 6.06. The summed E-state index contributed by atoms with van der Waals surface area (Å²) < 4.78 is 10.5. The summed E-state index contributed by atoms with van der Waals surface area (Å²) in [5.41, 5.74) is 1.48. The van der Waals surface area contributed by atoms with Crippen molar-refractivity contribution in [2.24, 2.45) is 0 Å². The number of anilines is 2. The van der Waals surface area contributed by atoms with Crippen molar-refractivity contribution in [3.05, 3.63) is 71.8 Å². The molecule has 7 nitrogen and oxygen atoms in total. The average molecular weight is 378 g/mol. The minimum absolute atomic E-state index is 0.305. The zero-order valence-electron chi connectivity index (χ0n) is 16.0. The van der Waals surface area contributed by atoms with Crippen molar-refractivity contribution in [1.29, 1.82) is 0 Å². The Balaban J connectivity index is 1.72. The number of carbonyl (C=O) groups is 1. The predicted octanol–water partition coefficient (Wildman–Crippen LogP) is 3.38. The van der Waals surface area contributed by atoms with Gasteiger partial charge in [0.1, 0.15) is 17.1 Å². The number of hydrogen-bond donors (Lipinski definition) is 1. The highest BCUT2D eigenvalue weighted by molar-refractivity contribution is 6.07. The van der Waals surface area contributed by atoms with Gasteiger partial charge in [-0.15, -0.1) is 10.2 Å². The minimum Gasteiger partial charge on any atom is -0.496 e. The van der Waals surface area contributed by atoms with Crippen LogP contribution in [-0.4, -0.2) is 37.4 Å². The Morgan fingerprint density at radius 1 is 0.929 bits per heavy atom. The Morgan fingerprint density at radius 2 is 1.61 bits per heavy atom. The van der Waals surface area contributed by atoms with Crippen molar-refractivity contribution in [2.75, 3.05) is 31.5 Å². The zero-order valence-corrected chi connectivity index (χ0v) is 16.0.